The molecule has 27 heavy (non-hydrogen) atoms. The zero-order valence-corrected chi connectivity index (χ0v) is 15.2. The third-order valence-electron chi connectivity index (χ3n) is 4.13. The maximum absolute atomic E-state index is 6.07. The lowest BCUT2D eigenvalue weighted by atomic mass is 10.1. The molecular weight excluding hydrogens is 362 g/mol. The molecule has 2 heterocycles. The van der Waals surface area contributed by atoms with Crippen LogP contribution in [0.3, 0.4) is 0 Å². The van der Waals surface area contributed by atoms with Crippen LogP contribution in [0.1, 0.15) is 11.1 Å². The SMILES string of the molecule is NCc1cccc(CNc2n[nH]c3ncnc(Nc4cccc(Cl)c4)c23)c1. The maximum atomic E-state index is 6.07. The van der Waals surface area contributed by atoms with Crippen LogP contribution in [-0.2, 0) is 13.1 Å². The lowest BCUT2D eigenvalue weighted by Gasteiger charge is -2.09. The molecule has 0 unspecified atom stereocenters. The van der Waals surface area contributed by atoms with Crippen LogP contribution in [0.25, 0.3) is 11.0 Å². The van der Waals surface area contributed by atoms with Crippen molar-refractivity contribution in [1.29, 1.82) is 0 Å². The summed E-state index contributed by atoms with van der Waals surface area (Å²) in [4.78, 5) is 8.62. The van der Waals surface area contributed by atoms with Crippen LogP contribution in [0.15, 0.2) is 54.9 Å². The lowest BCUT2D eigenvalue weighted by Crippen LogP contribution is -2.03. The number of hydrogen-bond donors (Lipinski definition) is 4. The quantitative estimate of drug-likeness (QED) is 0.406. The van der Waals surface area contributed by atoms with Crippen LogP contribution in [0.2, 0.25) is 5.02 Å². The molecule has 0 saturated heterocycles. The summed E-state index contributed by atoms with van der Waals surface area (Å²) in [6.45, 7) is 1.13. The average Bonchev–Trinajstić information content (AvgIpc) is 3.11. The number of aromatic nitrogens is 4. The van der Waals surface area contributed by atoms with Crippen LogP contribution in [0.4, 0.5) is 17.3 Å². The maximum Gasteiger partial charge on any atom is 0.162 e. The van der Waals surface area contributed by atoms with Gasteiger partial charge in [-0.05, 0) is 29.3 Å². The van der Waals surface area contributed by atoms with Crippen LogP contribution in [0.5, 0.6) is 0 Å². The molecule has 0 aliphatic carbocycles. The van der Waals surface area contributed by atoms with E-state index in [1.807, 2.05) is 42.5 Å². The number of benzene rings is 2. The number of H-pyrrole nitrogens is 1. The Morgan fingerprint density at radius 2 is 1.85 bits per heavy atom. The highest BCUT2D eigenvalue weighted by Crippen LogP contribution is 2.28. The first-order valence-electron chi connectivity index (χ1n) is 8.46. The van der Waals surface area contributed by atoms with E-state index in [4.69, 9.17) is 17.3 Å². The number of aromatic amines is 1. The van der Waals surface area contributed by atoms with Gasteiger partial charge in [-0.1, -0.05) is 41.9 Å². The summed E-state index contributed by atoms with van der Waals surface area (Å²) in [5.41, 5.74) is 9.41. The van der Waals surface area contributed by atoms with Crippen LogP contribution in [0, 0.1) is 0 Å². The highest BCUT2D eigenvalue weighted by Gasteiger charge is 2.13. The van der Waals surface area contributed by atoms with E-state index in [0.29, 0.717) is 35.4 Å². The number of nitrogens with two attached hydrogens (primary N) is 1. The molecule has 0 radical (unpaired) electrons. The van der Waals surface area contributed by atoms with Crippen molar-refractivity contribution in [1.82, 2.24) is 20.2 Å². The number of nitrogens with one attached hydrogen (secondary N) is 3. The standard InChI is InChI=1S/C19H18ClN7/c20-14-5-2-6-15(8-14)25-17-16-18(26-27-19(16)24-11-23-17)22-10-13-4-1-3-12(7-13)9-21/h1-8,11H,9-10,21H2,(H3,22,23,24,25,26,27). The zero-order chi connectivity index (χ0) is 18.6. The van der Waals surface area contributed by atoms with E-state index in [1.165, 1.54) is 6.33 Å². The van der Waals surface area contributed by atoms with E-state index >= 15 is 0 Å². The topological polar surface area (TPSA) is 105 Å². The zero-order valence-electron chi connectivity index (χ0n) is 14.4. The minimum Gasteiger partial charge on any atom is -0.364 e. The van der Waals surface area contributed by atoms with Crippen molar-refractivity contribution in [3.63, 3.8) is 0 Å². The molecule has 2 aromatic heterocycles. The number of hydrogen-bond acceptors (Lipinski definition) is 6. The third kappa shape index (κ3) is 3.84. The Morgan fingerprint density at radius 3 is 2.70 bits per heavy atom. The third-order valence-corrected chi connectivity index (χ3v) is 4.37. The smallest absolute Gasteiger partial charge is 0.162 e. The van der Waals surface area contributed by atoms with Gasteiger partial charge in [0.15, 0.2) is 11.5 Å². The second-order valence-electron chi connectivity index (χ2n) is 6.03. The number of nitrogens with zero attached hydrogens (tertiary/aromatic N) is 3. The molecule has 0 amide bonds. The van der Waals surface area contributed by atoms with Gasteiger partial charge in [-0.25, -0.2) is 9.97 Å². The van der Waals surface area contributed by atoms with Gasteiger partial charge in [0.05, 0.1) is 0 Å². The molecule has 0 spiro atoms. The first-order valence-corrected chi connectivity index (χ1v) is 8.84. The van der Waals surface area contributed by atoms with Gasteiger partial charge in [0.25, 0.3) is 0 Å². The van der Waals surface area contributed by atoms with Crippen LogP contribution in [-0.4, -0.2) is 20.2 Å². The van der Waals surface area contributed by atoms with Gasteiger partial charge in [-0.3, -0.25) is 5.10 Å². The average molecular weight is 380 g/mol. The van der Waals surface area contributed by atoms with Gasteiger partial charge in [0, 0.05) is 23.8 Å². The molecule has 8 heteroatoms. The predicted octanol–water partition coefficient (Wildman–Crippen LogP) is 3.82. The van der Waals surface area contributed by atoms with Crippen molar-refractivity contribution >= 4 is 40.0 Å². The Kier molecular flexibility index (Phi) is 4.86. The summed E-state index contributed by atoms with van der Waals surface area (Å²) < 4.78 is 0. The normalized spacial score (nSPS) is 10.9. The van der Waals surface area contributed by atoms with E-state index in [1.54, 1.807) is 0 Å². The minimum atomic E-state index is 0.515. The fourth-order valence-electron chi connectivity index (χ4n) is 2.84. The fraction of sp³-hybridized carbons (Fsp3) is 0.105. The number of halogens is 1. The van der Waals surface area contributed by atoms with Crippen molar-refractivity contribution in [2.45, 2.75) is 13.1 Å². The summed E-state index contributed by atoms with van der Waals surface area (Å²) in [5.74, 6) is 1.32. The Labute approximate surface area is 161 Å². The largest absolute Gasteiger partial charge is 0.364 e. The van der Waals surface area contributed by atoms with E-state index in [-0.39, 0.29) is 0 Å². The second kappa shape index (κ2) is 7.61. The molecule has 0 aliphatic rings. The molecular formula is C19H18ClN7. The molecule has 7 nitrogen and oxygen atoms in total. The summed E-state index contributed by atoms with van der Waals surface area (Å²) in [7, 11) is 0. The molecule has 0 fully saturated rings. The molecule has 4 rings (SSSR count). The van der Waals surface area contributed by atoms with Crippen LogP contribution >= 0.6 is 11.6 Å². The van der Waals surface area contributed by atoms with Gasteiger partial charge < -0.3 is 16.4 Å². The summed E-state index contributed by atoms with van der Waals surface area (Å²) in [6.07, 6.45) is 1.49. The van der Waals surface area contributed by atoms with E-state index in [2.05, 4.69) is 36.9 Å². The Balaban J connectivity index is 1.61. The van der Waals surface area contributed by atoms with Crippen LogP contribution < -0.4 is 16.4 Å². The second-order valence-corrected chi connectivity index (χ2v) is 6.47. The number of fused-ring (bicyclic) bond motifs is 1. The monoisotopic (exact) mass is 379 g/mol. The van der Waals surface area contributed by atoms with Crippen molar-refractivity contribution in [3.05, 3.63) is 71.0 Å². The highest BCUT2D eigenvalue weighted by molar-refractivity contribution is 6.30. The van der Waals surface area contributed by atoms with Gasteiger partial charge in [-0.2, -0.15) is 5.10 Å². The lowest BCUT2D eigenvalue weighted by molar-refractivity contribution is 1.03. The molecule has 4 aromatic rings. The van der Waals surface area contributed by atoms with E-state index in [0.717, 1.165) is 22.2 Å². The van der Waals surface area contributed by atoms with E-state index in [9.17, 15) is 0 Å². The fourth-order valence-corrected chi connectivity index (χ4v) is 3.03. The highest BCUT2D eigenvalue weighted by atomic mass is 35.5. The summed E-state index contributed by atoms with van der Waals surface area (Å²) in [6, 6.07) is 15.6. The Hall–Kier alpha value is -3.16. The predicted molar refractivity (Wildman–Crippen MR) is 108 cm³/mol. The molecule has 136 valence electrons. The van der Waals surface area contributed by atoms with Gasteiger partial charge >= 0.3 is 0 Å². The molecule has 0 bridgehead atoms. The van der Waals surface area contributed by atoms with Crippen molar-refractivity contribution < 1.29 is 0 Å². The van der Waals surface area contributed by atoms with Crippen molar-refractivity contribution in [2.24, 2.45) is 5.73 Å². The Bertz CT molecular complexity index is 1080. The van der Waals surface area contributed by atoms with E-state index < -0.39 is 0 Å². The van der Waals surface area contributed by atoms with Crippen molar-refractivity contribution in [2.75, 3.05) is 10.6 Å². The Morgan fingerprint density at radius 1 is 1.00 bits per heavy atom. The first kappa shape index (κ1) is 17.3. The summed E-state index contributed by atoms with van der Waals surface area (Å²) >= 11 is 6.07. The molecule has 5 N–H and O–H groups in total. The molecule has 0 saturated carbocycles. The van der Waals surface area contributed by atoms with Gasteiger partial charge in [0.1, 0.15) is 17.5 Å². The molecule has 2 aromatic carbocycles. The van der Waals surface area contributed by atoms with Gasteiger partial charge in [-0.15, -0.1) is 0 Å². The number of rotatable bonds is 6. The minimum absolute atomic E-state index is 0.515. The molecule has 0 aliphatic heterocycles. The van der Waals surface area contributed by atoms with Crippen molar-refractivity contribution in [3.8, 4) is 0 Å². The molecule has 0 atom stereocenters. The van der Waals surface area contributed by atoms with Gasteiger partial charge in [0.2, 0.25) is 0 Å². The first-order chi connectivity index (χ1) is 13.2. The summed E-state index contributed by atoms with van der Waals surface area (Å²) in [5, 5.41) is 15.3. The number of anilines is 3.